The summed E-state index contributed by atoms with van der Waals surface area (Å²) >= 11 is 0. The first-order valence-corrected chi connectivity index (χ1v) is 8.41. The summed E-state index contributed by atoms with van der Waals surface area (Å²) in [7, 11) is 1.43. The zero-order valence-electron chi connectivity index (χ0n) is 15.2. The van der Waals surface area contributed by atoms with E-state index in [9.17, 15) is 19.5 Å². The lowest BCUT2D eigenvalue weighted by atomic mass is 10.1. The summed E-state index contributed by atoms with van der Waals surface area (Å²) in [6, 6.07) is 10.4. The smallest absolute Gasteiger partial charge is 0.342 e. The van der Waals surface area contributed by atoms with Gasteiger partial charge in [0.05, 0.1) is 7.11 Å². The van der Waals surface area contributed by atoms with Gasteiger partial charge in [0.2, 0.25) is 5.91 Å². The number of rotatable bonds is 8. The first kappa shape index (κ1) is 20.0. The Morgan fingerprint density at radius 2 is 1.78 bits per heavy atom. The molecule has 2 aromatic carbocycles. The van der Waals surface area contributed by atoms with Gasteiger partial charge in [0.1, 0.15) is 17.1 Å². The number of amides is 1. The van der Waals surface area contributed by atoms with Crippen LogP contribution in [0.15, 0.2) is 42.5 Å². The van der Waals surface area contributed by atoms with Gasteiger partial charge in [-0.15, -0.1) is 0 Å². The van der Waals surface area contributed by atoms with Gasteiger partial charge in [-0.25, -0.2) is 4.79 Å². The number of ketones is 1. The van der Waals surface area contributed by atoms with Crippen molar-refractivity contribution in [3.63, 3.8) is 0 Å². The number of carbonyl (C=O) groups excluding carboxylic acids is 3. The van der Waals surface area contributed by atoms with E-state index in [-0.39, 0.29) is 17.2 Å². The summed E-state index contributed by atoms with van der Waals surface area (Å²) in [6.07, 6.45) is 1.17. The number of hydrogen-bond donors (Lipinski definition) is 2. The van der Waals surface area contributed by atoms with E-state index >= 15 is 0 Å². The molecule has 0 radical (unpaired) electrons. The highest BCUT2D eigenvalue weighted by molar-refractivity contribution is 6.00. The van der Waals surface area contributed by atoms with Crippen molar-refractivity contribution in [1.82, 2.24) is 0 Å². The number of phenols is 1. The van der Waals surface area contributed by atoms with E-state index in [4.69, 9.17) is 9.47 Å². The molecule has 0 unspecified atom stereocenters. The van der Waals surface area contributed by atoms with Crippen LogP contribution < -0.4 is 10.1 Å². The second-order valence-electron chi connectivity index (χ2n) is 5.76. The number of hydrogen-bond acceptors (Lipinski definition) is 6. The van der Waals surface area contributed by atoms with Crippen LogP contribution in [0.25, 0.3) is 0 Å². The molecule has 0 aliphatic rings. The fraction of sp³-hybridized carbons (Fsp3) is 0.250. The minimum absolute atomic E-state index is 0.0869. The number of carbonyl (C=O) groups is 3. The number of benzene rings is 2. The topological polar surface area (TPSA) is 102 Å². The van der Waals surface area contributed by atoms with Gasteiger partial charge >= 0.3 is 5.97 Å². The lowest BCUT2D eigenvalue weighted by Gasteiger charge is -2.08. The van der Waals surface area contributed by atoms with E-state index in [0.29, 0.717) is 23.4 Å². The van der Waals surface area contributed by atoms with Crippen LogP contribution >= 0.6 is 0 Å². The van der Waals surface area contributed by atoms with Gasteiger partial charge < -0.3 is 19.9 Å². The van der Waals surface area contributed by atoms with Gasteiger partial charge in [0, 0.05) is 17.7 Å². The number of methoxy groups -OCH3 is 1. The summed E-state index contributed by atoms with van der Waals surface area (Å²) in [5, 5.41) is 12.5. The lowest BCUT2D eigenvalue weighted by Crippen LogP contribution is -2.15. The minimum Gasteiger partial charge on any atom is -0.507 e. The molecule has 0 bridgehead atoms. The van der Waals surface area contributed by atoms with Crippen LogP contribution in [0.4, 0.5) is 5.69 Å². The molecule has 0 aliphatic carbocycles. The van der Waals surface area contributed by atoms with Crippen LogP contribution in [-0.2, 0) is 9.53 Å². The van der Waals surface area contributed by atoms with Crippen LogP contribution in [0.5, 0.6) is 11.5 Å². The lowest BCUT2D eigenvalue weighted by molar-refractivity contribution is -0.116. The summed E-state index contributed by atoms with van der Waals surface area (Å²) in [5.74, 6) is -1.21. The molecule has 2 N–H and O–H groups in total. The first-order chi connectivity index (χ1) is 12.9. The van der Waals surface area contributed by atoms with E-state index in [0.717, 1.165) is 6.42 Å². The summed E-state index contributed by atoms with van der Waals surface area (Å²) in [5.41, 5.74) is 0.839. The Kier molecular flexibility index (Phi) is 6.93. The van der Waals surface area contributed by atoms with Crippen LogP contribution in [0.2, 0.25) is 0 Å². The van der Waals surface area contributed by atoms with Gasteiger partial charge in [-0.1, -0.05) is 6.92 Å². The van der Waals surface area contributed by atoms with Crippen LogP contribution in [-0.4, -0.2) is 36.5 Å². The van der Waals surface area contributed by atoms with E-state index in [1.54, 1.807) is 24.3 Å². The quantitative estimate of drug-likeness (QED) is 0.546. The largest absolute Gasteiger partial charge is 0.507 e. The number of phenolic OH excluding ortho intramolecular Hbond substituents is 1. The Balaban J connectivity index is 1.95. The molecule has 7 heteroatoms. The molecular weight excluding hydrogens is 350 g/mol. The third kappa shape index (κ3) is 5.57. The van der Waals surface area contributed by atoms with Crippen molar-refractivity contribution in [2.24, 2.45) is 0 Å². The standard InChI is InChI=1S/C20H21NO6/c1-3-4-19(24)21-14-7-5-13(6-8-14)18(23)12-27-20(25)16-11-15(26-2)9-10-17(16)22/h5-11,22H,3-4,12H2,1-2H3,(H,21,24). The summed E-state index contributed by atoms with van der Waals surface area (Å²) in [4.78, 5) is 35.8. The second-order valence-corrected chi connectivity index (χ2v) is 5.76. The average molecular weight is 371 g/mol. The van der Waals surface area contributed by atoms with Crippen LogP contribution in [0.3, 0.4) is 0 Å². The molecule has 0 saturated carbocycles. The van der Waals surface area contributed by atoms with Crippen molar-refractivity contribution in [1.29, 1.82) is 0 Å². The molecule has 0 saturated heterocycles. The number of Topliss-reactive ketones (excluding diaryl/α,β-unsaturated/α-hetero) is 1. The average Bonchev–Trinajstić information content (AvgIpc) is 2.67. The van der Waals surface area contributed by atoms with Gasteiger partial charge in [0.15, 0.2) is 12.4 Å². The van der Waals surface area contributed by atoms with Crippen molar-refractivity contribution in [3.8, 4) is 11.5 Å². The molecule has 142 valence electrons. The van der Waals surface area contributed by atoms with Crippen molar-refractivity contribution in [2.75, 3.05) is 19.0 Å². The van der Waals surface area contributed by atoms with Gasteiger partial charge in [-0.3, -0.25) is 9.59 Å². The predicted octanol–water partition coefficient (Wildman–Crippen LogP) is 3.18. The molecule has 2 aromatic rings. The third-order valence-corrected chi connectivity index (χ3v) is 3.73. The molecule has 0 atom stereocenters. The predicted molar refractivity (Wildman–Crippen MR) is 99.3 cm³/mol. The summed E-state index contributed by atoms with van der Waals surface area (Å²) in [6.45, 7) is 1.44. The molecular formula is C20H21NO6. The van der Waals surface area contributed by atoms with E-state index < -0.39 is 18.4 Å². The molecule has 27 heavy (non-hydrogen) atoms. The number of esters is 1. The molecule has 0 aliphatic heterocycles. The van der Waals surface area contributed by atoms with Crippen LogP contribution in [0.1, 0.15) is 40.5 Å². The maximum atomic E-state index is 12.2. The van der Waals surface area contributed by atoms with Gasteiger partial charge in [-0.2, -0.15) is 0 Å². The molecule has 1 amide bonds. The Bertz CT molecular complexity index is 829. The Morgan fingerprint density at radius 1 is 1.07 bits per heavy atom. The normalized spacial score (nSPS) is 10.1. The number of anilines is 1. The van der Waals surface area contributed by atoms with E-state index in [2.05, 4.69) is 5.32 Å². The Morgan fingerprint density at radius 3 is 2.41 bits per heavy atom. The van der Waals surface area contributed by atoms with Crippen molar-refractivity contribution in [3.05, 3.63) is 53.6 Å². The van der Waals surface area contributed by atoms with Crippen molar-refractivity contribution < 1.29 is 29.0 Å². The molecule has 0 aromatic heterocycles. The molecule has 0 fully saturated rings. The zero-order chi connectivity index (χ0) is 19.8. The van der Waals surface area contributed by atoms with Gasteiger partial charge in [0.25, 0.3) is 0 Å². The highest BCUT2D eigenvalue weighted by Gasteiger charge is 2.16. The fourth-order valence-corrected chi connectivity index (χ4v) is 2.29. The number of nitrogens with one attached hydrogen (secondary N) is 1. The highest BCUT2D eigenvalue weighted by Crippen LogP contribution is 2.23. The SMILES string of the molecule is CCCC(=O)Nc1ccc(C(=O)COC(=O)c2cc(OC)ccc2O)cc1. The molecule has 7 nitrogen and oxygen atoms in total. The Hall–Kier alpha value is -3.35. The number of ether oxygens (including phenoxy) is 2. The van der Waals surface area contributed by atoms with Crippen molar-refractivity contribution in [2.45, 2.75) is 19.8 Å². The first-order valence-electron chi connectivity index (χ1n) is 8.41. The maximum absolute atomic E-state index is 12.2. The zero-order valence-corrected chi connectivity index (χ0v) is 15.2. The van der Waals surface area contributed by atoms with E-state index in [1.165, 1.54) is 25.3 Å². The van der Waals surface area contributed by atoms with Crippen molar-refractivity contribution >= 4 is 23.3 Å². The molecule has 0 heterocycles. The highest BCUT2D eigenvalue weighted by atomic mass is 16.5. The molecule has 0 spiro atoms. The number of aromatic hydroxyl groups is 1. The van der Waals surface area contributed by atoms with Crippen LogP contribution in [0, 0.1) is 0 Å². The Labute approximate surface area is 156 Å². The minimum atomic E-state index is -0.830. The molecule has 2 rings (SSSR count). The monoisotopic (exact) mass is 371 g/mol. The third-order valence-electron chi connectivity index (χ3n) is 3.73. The van der Waals surface area contributed by atoms with Gasteiger partial charge in [-0.05, 0) is 48.9 Å². The van der Waals surface area contributed by atoms with E-state index in [1.807, 2.05) is 6.92 Å². The fourth-order valence-electron chi connectivity index (χ4n) is 2.29. The summed E-state index contributed by atoms with van der Waals surface area (Å²) < 4.78 is 9.97. The second kappa shape index (κ2) is 9.38. The maximum Gasteiger partial charge on any atom is 0.342 e.